The Hall–Kier alpha value is -2.98. The van der Waals surface area contributed by atoms with Gasteiger partial charge < -0.3 is 10.1 Å². The molecule has 0 aliphatic carbocycles. The van der Waals surface area contributed by atoms with Crippen LogP contribution in [0.1, 0.15) is 22.9 Å². The fourth-order valence-corrected chi connectivity index (χ4v) is 2.96. The number of rotatable bonds is 3. The standard InChI is InChI=1S/C19H17N3O/c1-13(23)17-12-16-18(14-8-4-2-5-9-14)21-22(19(16)20-17)15-10-6-3-7-11-15/h2-12,18,20-21,23H,1H2. The third-order valence-corrected chi connectivity index (χ3v) is 4.08. The summed E-state index contributed by atoms with van der Waals surface area (Å²) in [5.74, 6) is 0.967. The average molecular weight is 303 g/mol. The van der Waals surface area contributed by atoms with Gasteiger partial charge >= 0.3 is 0 Å². The third kappa shape index (κ3) is 2.29. The molecule has 1 atom stereocenters. The Morgan fingerprint density at radius 2 is 1.65 bits per heavy atom. The zero-order valence-electron chi connectivity index (χ0n) is 12.5. The van der Waals surface area contributed by atoms with Crippen molar-refractivity contribution >= 4 is 17.3 Å². The van der Waals surface area contributed by atoms with Gasteiger partial charge in [-0.3, -0.25) is 5.01 Å². The SMILES string of the molecule is C=C(O)c1cc2c([nH]1)N(c1ccccc1)NC2c1ccccc1. The molecule has 1 aliphatic rings. The van der Waals surface area contributed by atoms with Crippen LogP contribution in [0.2, 0.25) is 0 Å². The number of H-pyrrole nitrogens is 1. The van der Waals surface area contributed by atoms with Gasteiger partial charge in [0.1, 0.15) is 11.6 Å². The Balaban J connectivity index is 1.83. The Morgan fingerprint density at radius 1 is 1.00 bits per heavy atom. The van der Waals surface area contributed by atoms with Crippen LogP contribution in [-0.2, 0) is 0 Å². The number of anilines is 2. The zero-order chi connectivity index (χ0) is 15.8. The number of para-hydroxylation sites is 1. The summed E-state index contributed by atoms with van der Waals surface area (Å²) in [7, 11) is 0. The maximum atomic E-state index is 9.73. The number of aliphatic hydroxyl groups is 1. The maximum Gasteiger partial charge on any atom is 0.131 e. The van der Waals surface area contributed by atoms with E-state index in [9.17, 15) is 5.11 Å². The zero-order valence-corrected chi connectivity index (χ0v) is 12.5. The molecule has 2 aromatic carbocycles. The number of aromatic nitrogens is 1. The van der Waals surface area contributed by atoms with Crippen LogP contribution in [0.4, 0.5) is 11.5 Å². The topological polar surface area (TPSA) is 51.3 Å². The number of aliphatic hydroxyl groups excluding tert-OH is 1. The molecule has 0 fully saturated rings. The van der Waals surface area contributed by atoms with E-state index >= 15 is 0 Å². The smallest absolute Gasteiger partial charge is 0.131 e. The highest BCUT2D eigenvalue weighted by molar-refractivity contribution is 5.71. The highest BCUT2D eigenvalue weighted by Gasteiger charge is 2.32. The first-order valence-corrected chi connectivity index (χ1v) is 7.51. The van der Waals surface area contributed by atoms with E-state index in [1.807, 2.05) is 59.6 Å². The number of benzene rings is 2. The van der Waals surface area contributed by atoms with Crippen molar-refractivity contribution in [3.8, 4) is 0 Å². The predicted octanol–water partition coefficient (Wildman–Crippen LogP) is 4.29. The molecule has 4 rings (SSSR count). The van der Waals surface area contributed by atoms with E-state index < -0.39 is 0 Å². The number of hydrogen-bond donors (Lipinski definition) is 3. The number of nitrogens with one attached hydrogen (secondary N) is 2. The minimum atomic E-state index is 0.0238. The van der Waals surface area contributed by atoms with Crippen LogP contribution in [-0.4, -0.2) is 10.1 Å². The second-order valence-corrected chi connectivity index (χ2v) is 5.58. The van der Waals surface area contributed by atoms with E-state index in [-0.39, 0.29) is 11.8 Å². The van der Waals surface area contributed by atoms with Gasteiger partial charge in [-0.05, 0) is 23.8 Å². The summed E-state index contributed by atoms with van der Waals surface area (Å²) < 4.78 is 0. The summed E-state index contributed by atoms with van der Waals surface area (Å²) >= 11 is 0. The fourth-order valence-electron chi connectivity index (χ4n) is 2.96. The van der Waals surface area contributed by atoms with E-state index in [0.717, 1.165) is 17.1 Å². The number of aromatic amines is 1. The second-order valence-electron chi connectivity index (χ2n) is 5.58. The summed E-state index contributed by atoms with van der Waals surface area (Å²) in [6, 6.07) is 22.3. The maximum absolute atomic E-state index is 9.73. The van der Waals surface area contributed by atoms with Gasteiger partial charge in [-0.2, -0.15) is 0 Å². The molecule has 4 nitrogen and oxygen atoms in total. The molecule has 0 saturated carbocycles. The lowest BCUT2D eigenvalue weighted by Gasteiger charge is -2.21. The van der Waals surface area contributed by atoms with Gasteiger partial charge in [-0.15, -0.1) is 0 Å². The molecule has 4 heteroatoms. The number of hydrazine groups is 1. The van der Waals surface area contributed by atoms with Crippen molar-refractivity contribution in [2.45, 2.75) is 6.04 Å². The minimum Gasteiger partial charge on any atom is -0.506 e. The molecule has 3 aromatic rings. The van der Waals surface area contributed by atoms with Gasteiger partial charge in [-0.25, -0.2) is 5.43 Å². The van der Waals surface area contributed by atoms with Crippen molar-refractivity contribution in [1.82, 2.24) is 10.4 Å². The molecule has 0 radical (unpaired) electrons. The van der Waals surface area contributed by atoms with E-state index in [4.69, 9.17) is 0 Å². The Morgan fingerprint density at radius 3 is 2.30 bits per heavy atom. The minimum absolute atomic E-state index is 0.0238. The summed E-state index contributed by atoms with van der Waals surface area (Å²) in [6.07, 6.45) is 0. The molecular weight excluding hydrogens is 286 g/mol. The number of hydrogen-bond acceptors (Lipinski definition) is 3. The lowest BCUT2D eigenvalue weighted by atomic mass is 10.0. The van der Waals surface area contributed by atoms with Crippen LogP contribution in [0.3, 0.4) is 0 Å². The Labute approximate surface area is 134 Å². The lowest BCUT2D eigenvalue weighted by Crippen LogP contribution is -2.31. The van der Waals surface area contributed by atoms with Crippen molar-refractivity contribution in [2.75, 3.05) is 5.01 Å². The van der Waals surface area contributed by atoms with Gasteiger partial charge in [0.05, 0.1) is 17.4 Å². The molecule has 0 spiro atoms. The summed E-state index contributed by atoms with van der Waals surface area (Å²) in [5.41, 5.74) is 7.45. The Kier molecular flexibility index (Phi) is 3.17. The van der Waals surface area contributed by atoms with Crippen LogP contribution < -0.4 is 10.4 Å². The molecule has 3 N–H and O–H groups in total. The predicted molar refractivity (Wildman–Crippen MR) is 92.5 cm³/mol. The molecule has 0 saturated heterocycles. The molecule has 0 bridgehead atoms. The van der Waals surface area contributed by atoms with Crippen LogP contribution in [0.5, 0.6) is 0 Å². The number of nitrogens with zero attached hydrogens (tertiary/aromatic N) is 1. The van der Waals surface area contributed by atoms with Crippen LogP contribution in [0.15, 0.2) is 73.3 Å². The lowest BCUT2D eigenvalue weighted by molar-refractivity contribution is 0.510. The van der Waals surface area contributed by atoms with Crippen molar-refractivity contribution < 1.29 is 5.11 Å². The second kappa shape index (κ2) is 5.34. The van der Waals surface area contributed by atoms with E-state index in [0.29, 0.717) is 5.69 Å². The van der Waals surface area contributed by atoms with E-state index in [1.54, 1.807) is 0 Å². The van der Waals surface area contributed by atoms with Gasteiger partial charge in [0.15, 0.2) is 0 Å². The Bertz CT molecular complexity index is 777. The monoisotopic (exact) mass is 303 g/mol. The van der Waals surface area contributed by atoms with Crippen LogP contribution in [0, 0.1) is 0 Å². The highest BCUT2D eigenvalue weighted by atomic mass is 16.3. The quantitative estimate of drug-likeness (QED) is 0.633. The van der Waals surface area contributed by atoms with Crippen LogP contribution in [0.25, 0.3) is 5.76 Å². The molecule has 1 unspecified atom stereocenters. The fraction of sp³-hybridized carbons (Fsp3) is 0.0526. The molecule has 23 heavy (non-hydrogen) atoms. The highest BCUT2D eigenvalue weighted by Crippen LogP contribution is 2.41. The van der Waals surface area contributed by atoms with Crippen molar-refractivity contribution in [3.05, 3.63) is 90.1 Å². The van der Waals surface area contributed by atoms with Crippen molar-refractivity contribution in [1.29, 1.82) is 0 Å². The van der Waals surface area contributed by atoms with E-state index in [1.165, 1.54) is 5.56 Å². The first-order valence-electron chi connectivity index (χ1n) is 7.51. The van der Waals surface area contributed by atoms with Gasteiger partial charge in [-0.1, -0.05) is 55.1 Å². The van der Waals surface area contributed by atoms with Crippen LogP contribution >= 0.6 is 0 Å². The molecule has 1 aliphatic heterocycles. The van der Waals surface area contributed by atoms with Crippen molar-refractivity contribution in [3.63, 3.8) is 0 Å². The summed E-state index contributed by atoms with van der Waals surface area (Å²) in [4.78, 5) is 3.26. The molecule has 114 valence electrons. The first kappa shape index (κ1) is 13.7. The third-order valence-electron chi connectivity index (χ3n) is 4.08. The summed E-state index contributed by atoms with van der Waals surface area (Å²) in [6.45, 7) is 3.62. The van der Waals surface area contributed by atoms with Gasteiger partial charge in [0.2, 0.25) is 0 Å². The van der Waals surface area contributed by atoms with Gasteiger partial charge in [0.25, 0.3) is 0 Å². The average Bonchev–Trinajstić information content (AvgIpc) is 3.16. The van der Waals surface area contributed by atoms with Crippen molar-refractivity contribution in [2.24, 2.45) is 0 Å². The van der Waals surface area contributed by atoms with E-state index in [2.05, 4.69) is 29.1 Å². The molecule has 0 amide bonds. The molecule has 2 heterocycles. The molecule has 1 aromatic heterocycles. The molecular formula is C19H17N3O. The number of fused-ring (bicyclic) bond motifs is 1. The normalized spacial score (nSPS) is 16.3. The first-order chi connectivity index (χ1) is 11.2. The largest absolute Gasteiger partial charge is 0.506 e. The summed E-state index contributed by atoms with van der Waals surface area (Å²) in [5, 5.41) is 11.7. The van der Waals surface area contributed by atoms with Gasteiger partial charge in [0, 0.05) is 5.56 Å².